The molecule has 2 aromatic heterocycles. The van der Waals surface area contributed by atoms with Gasteiger partial charge >= 0.3 is 5.97 Å². The molecular formula is C8H5N3O3. The summed E-state index contributed by atoms with van der Waals surface area (Å²) in [5, 5.41) is 12.3. The van der Waals surface area contributed by atoms with Crippen molar-refractivity contribution in [1.29, 1.82) is 0 Å². The Balaban J connectivity index is 2.54. The van der Waals surface area contributed by atoms with Gasteiger partial charge in [-0.1, -0.05) is 0 Å². The maximum atomic E-state index is 11.0. The molecule has 0 radical (unpaired) electrons. The van der Waals surface area contributed by atoms with Crippen molar-refractivity contribution < 1.29 is 14.7 Å². The molecule has 2 heterocycles. The molecule has 0 saturated heterocycles. The van der Waals surface area contributed by atoms with Crippen LogP contribution in [0.1, 0.15) is 10.4 Å². The minimum absolute atomic E-state index is 0.00806. The number of carboxylic acids is 1. The number of carbonyl (C=O) groups excluding carboxylic acids is 1. The summed E-state index contributed by atoms with van der Waals surface area (Å²) in [5.41, 5.74) is 0.570. The van der Waals surface area contributed by atoms with Gasteiger partial charge in [-0.3, -0.25) is 4.79 Å². The first-order chi connectivity index (χ1) is 6.68. The minimum Gasteiger partial charge on any atom is -0.475 e. The van der Waals surface area contributed by atoms with E-state index in [2.05, 4.69) is 10.1 Å². The monoisotopic (exact) mass is 191 g/mol. The average Bonchev–Trinajstić information content (AvgIpc) is 2.62. The van der Waals surface area contributed by atoms with Crippen LogP contribution < -0.4 is 0 Å². The van der Waals surface area contributed by atoms with E-state index >= 15 is 0 Å². The van der Waals surface area contributed by atoms with Crippen molar-refractivity contribution in [2.45, 2.75) is 0 Å². The molecule has 0 spiro atoms. The number of carbonyl (C=O) groups is 2. The SMILES string of the molecule is O=C(O)C(=O)c1cnc2ccnn2c1. The first-order valence-electron chi connectivity index (χ1n) is 3.75. The van der Waals surface area contributed by atoms with Crippen molar-refractivity contribution in [3.63, 3.8) is 0 Å². The van der Waals surface area contributed by atoms with Crippen LogP contribution in [-0.2, 0) is 4.79 Å². The number of Topliss-reactive ketones (excluding diaryl/α,β-unsaturated/α-hetero) is 1. The number of aromatic nitrogens is 3. The van der Waals surface area contributed by atoms with Crippen molar-refractivity contribution >= 4 is 17.4 Å². The topological polar surface area (TPSA) is 84.6 Å². The Kier molecular flexibility index (Phi) is 1.74. The molecule has 14 heavy (non-hydrogen) atoms. The molecule has 6 nitrogen and oxygen atoms in total. The predicted molar refractivity (Wildman–Crippen MR) is 45.0 cm³/mol. The molecule has 0 bridgehead atoms. The van der Waals surface area contributed by atoms with Gasteiger partial charge in [-0.15, -0.1) is 0 Å². The second-order valence-corrected chi connectivity index (χ2v) is 2.61. The van der Waals surface area contributed by atoms with Gasteiger partial charge in [-0.2, -0.15) is 5.10 Å². The lowest BCUT2D eigenvalue weighted by molar-refractivity contribution is -0.131. The first-order valence-corrected chi connectivity index (χ1v) is 3.75. The van der Waals surface area contributed by atoms with Crippen molar-refractivity contribution in [2.24, 2.45) is 0 Å². The number of hydrogen-bond acceptors (Lipinski definition) is 4. The summed E-state index contributed by atoms with van der Waals surface area (Å²) >= 11 is 0. The van der Waals surface area contributed by atoms with Crippen LogP contribution in [0.25, 0.3) is 5.65 Å². The molecule has 0 aliphatic rings. The minimum atomic E-state index is -1.50. The van der Waals surface area contributed by atoms with E-state index in [1.807, 2.05) is 0 Å². The zero-order valence-corrected chi connectivity index (χ0v) is 6.91. The molecule has 0 amide bonds. The quantitative estimate of drug-likeness (QED) is 0.533. The molecule has 0 fully saturated rings. The number of nitrogens with zero attached hydrogens (tertiary/aromatic N) is 3. The van der Waals surface area contributed by atoms with E-state index < -0.39 is 11.8 Å². The Bertz CT molecular complexity index is 517. The van der Waals surface area contributed by atoms with E-state index in [1.165, 1.54) is 23.1 Å². The molecular weight excluding hydrogens is 186 g/mol. The van der Waals surface area contributed by atoms with Crippen LogP contribution in [0.3, 0.4) is 0 Å². The molecule has 0 unspecified atom stereocenters. The Morgan fingerprint density at radius 1 is 1.43 bits per heavy atom. The number of carboxylic acid groups (broad SMARTS) is 1. The molecule has 6 heteroatoms. The summed E-state index contributed by atoms with van der Waals surface area (Å²) in [6.45, 7) is 0. The molecule has 2 rings (SSSR count). The van der Waals surface area contributed by atoms with Gasteiger partial charge in [0.15, 0.2) is 5.65 Å². The second-order valence-electron chi connectivity index (χ2n) is 2.61. The Hall–Kier alpha value is -2.24. The summed E-state index contributed by atoms with van der Waals surface area (Å²) in [5.74, 6) is -2.49. The molecule has 1 N–H and O–H groups in total. The lowest BCUT2D eigenvalue weighted by Crippen LogP contribution is -2.13. The Labute approximate surface area is 77.8 Å². The van der Waals surface area contributed by atoms with Crippen LogP contribution in [0.5, 0.6) is 0 Å². The summed E-state index contributed by atoms with van der Waals surface area (Å²) in [6.07, 6.45) is 4.06. The lowest BCUT2D eigenvalue weighted by Gasteiger charge is -1.96. The normalized spacial score (nSPS) is 10.3. The van der Waals surface area contributed by atoms with Crippen molar-refractivity contribution in [2.75, 3.05) is 0 Å². The zero-order chi connectivity index (χ0) is 10.1. The van der Waals surface area contributed by atoms with E-state index in [-0.39, 0.29) is 5.56 Å². The summed E-state index contributed by atoms with van der Waals surface area (Å²) < 4.78 is 1.34. The van der Waals surface area contributed by atoms with Crippen LogP contribution in [0, 0.1) is 0 Å². The highest BCUT2D eigenvalue weighted by atomic mass is 16.4. The van der Waals surface area contributed by atoms with Gasteiger partial charge in [0.2, 0.25) is 0 Å². The van der Waals surface area contributed by atoms with E-state index in [0.29, 0.717) is 5.65 Å². The highest BCUT2D eigenvalue weighted by Gasteiger charge is 2.15. The maximum absolute atomic E-state index is 11.0. The van der Waals surface area contributed by atoms with Crippen LogP contribution >= 0.6 is 0 Å². The molecule has 0 aromatic carbocycles. The predicted octanol–water partition coefficient (Wildman–Crippen LogP) is -0.00340. The first kappa shape index (κ1) is 8.36. The third-order valence-corrected chi connectivity index (χ3v) is 1.70. The molecule has 0 aliphatic carbocycles. The standard InChI is InChI=1S/C8H5N3O3/c12-7(8(13)14)5-3-9-6-1-2-10-11(6)4-5/h1-4H,(H,13,14). The van der Waals surface area contributed by atoms with Gasteiger partial charge in [0.1, 0.15) is 0 Å². The van der Waals surface area contributed by atoms with Gasteiger partial charge in [0, 0.05) is 18.5 Å². The van der Waals surface area contributed by atoms with Crippen LogP contribution in [0.4, 0.5) is 0 Å². The number of ketones is 1. The zero-order valence-electron chi connectivity index (χ0n) is 6.91. The van der Waals surface area contributed by atoms with Gasteiger partial charge in [0.25, 0.3) is 5.78 Å². The molecule has 70 valence electrons. The molecule has 0 saturated carbocycles. The molecule has 0 aliphatic heterocycles. The number of hydrogen-bond donors (Lipinski definition) is 1. The van der Waals surface area contributed by atoms with Crippen molar-refractivity contribution in [3.05, 3.63) is 30.2 Å². The number of fused-ring (bicyclic) bond motifs is 1. The van der Waals surface area contributed by atoms with Crippen molar-refractivity contribution in [1.82, 2.24) is 14.6 Å². The van der Waals surface area contributed by atoms with Gasteiger partial charge in [0.05, 0.1) is 11.8 Å². The maximum Gasteiger partial charge on any atom is 0.377 e. The van der Waals surface area contributed by atoms with E-state index in [9.17, 15) is 9.59 Å². The fourth-order valence-electron chi connectivity index (χ4n) is 1.05. The Morgan fingerprint density at radius 2 is 2.21 bits per heavy atom. The van der Waals surface area contributed by atoms with Crippen LogP contribution in [-0.4, -0.2) is 31.5 Å². The highest BCUT2D eigenvalue weighted by molar-refractivity contribution is 6.39. The number of rotatable bonds is 2. The third-order valence-electron chi connectivity index (χ3n) is 1.70. The summed E-state index contributed by atoms with van der Waals surface area (Å²) in [7, 11) is 0. The summed E-state index contributed by atoms with van der Waals surface area (Å²) in [4.78, 5) is 25.3. The Morgan fingerprint density at radius 3 is 2.93 bits per heavy atom. The van der Waals surface area contributed by atoms with E-state index in [4.69, 9.17) is 5.11 Å². The third kappa shape index (κ3) is 1.22. The smallest absolute Gasteiger partial charge is 0.377 e. The average molecular weight is 191 g/mol. The van der Waals surface area contributed by atoms with Gasteiger partial charge in [-0.05, 0) is 0 Å². The largest absolute Gasteiger partial charge is 0.475 e. The van der Waals surface area contributed by atoms with Crippen LogP contribution in [0.15, 0.2) is 24.7 Å². The fourth-order valence-corrected chi connectivity index (χ4v) is 1.05. The van der Waals surface area contributed by atoms with Crippen molar-refractivity contribution in [3.8, 4) is 0 Å². The number of aliphatic carboxylic acids is 1. The van der Waals surface area contributed by atoms with Gasteiger partial charge < -0.3 is 5.11 Å². The second kappa shape index (κ2) is 2.91. The fraction of sp³-hybridized carbons (Fsp3) is 0. The molecule has 2 aromatic rings. The lowest BCUT2D eigenvalue weighted by atomic mass is 10.2. The van der Waals surface area contributed by atoms with E-state index in [0.717, 1.165) is 0 Å². The van der Waals surface area contributed by atoms with Gasteiger partial charge in [-0.25, -0.2) is 14.3 Å². The van der Waals surface area contributed by atoms with Crippen LogP contribution in [0.2, 0.25) is 0 Å². The highest BCUT2D eigenvalue weighted by Crippen LogP contribution is 2.02. The van der Waals surface area contributed by atoms with E-state index in [1.54, 1.807) is 6.07 Å². The summed E-state index contributed by atoms with van der Waals surface area (Å²) in [6, 6.07) is 1.65. The molecule has 0 atom stereocenters.